The molecule has 2 aliphatic rings. The van der Waals surface area contributed by atoms with E-state index in [2.05, 4.69) is 16.6 Å². The third-order valence-corrected chi connectivity index (χ3v) is 6.81. The Bertz CT molecular complexity index is 1030. The third kappa shape index (κ3) is 4.64. The van der Waals surface area contributed by atoms with Crippen molar-refractivity contribution in [2.75, 3.05) is 26.2 Å². The molecule has 2 aromatic rings. The van der Waals surface area contributed by atoms with Gasteiger partial charge in [-0.2, -0.15) is 0 Å². The molecule has 172 valence electrons. The second-order valence-electron chi connectivity index (χ2n) is 9.16. The van der Waals surface area contributed by atoms with Crippen LogP contribution < -0.4 is 0 Å². The van der Waals surface area contributed by atoms with Crippen LogP contribution in [0.5, 0.6) is 0 Å². The number of aliphatic hydroxyl groups is 1. The van der Waals surface area contributed by atoms with E-state index in [-0.39, 0.29) is 11.7 Å². The van der Waals surface area contributed by atoms with Crippen LogP contribution in [0.2, 0.25) is 0 Å². The van der Waals surface area contributed by atoms with Crippen LogP contribution in [0.25, 0.3) is 11.0 Å². The third-order valence-electron chi connectivity index (χ3n) is 6.81. The molecule has 2 aliphatic heterocycles. The Labute approximate surface area is 188 Å². The topological polar surface area (TPSA) is 69.8 Å². The number of allylic oxidation sites excluding steroid dienone is 1. The minimum Gasteiger partial charge on any atom is -0.387 e. The van der Waals surface area contributed by atoms with Crippen LogP contribution in [0, 0.1) is 5.82 Å². The minimum absolute atomic E-state index is 0.0232. The molecule has 1 aromatic carbocycles. The summed E-state index contributed by atoms with van der Waals surface area (Å²) < 4.78 is 18.8. The van der Waals surface area contributed by atoms with Crippen LogP contribution in [0.3, 0.4) is 0 Å². The Balaban J connectivity index is 1.34. The van der Waals surface area contributed by atoms with Gasteiger partial charge >= 0.3 is 0 Å². The lowest BCUT2D eigenvalue weighted by Gasteiger charge is -2.34. The maximum Gasteiger partial charge on any atom is 0.253 e. The Kier molecular flexibility index (Phi) is 6.76. The molecule has 1 atom stereocenters. The van der Waals surface area contributed by atoms with Gasteiger partial charge in [-0.25, -0.2) is 4.39 Å². The number of fused-ring (bicyclic) bond motifs is 1. The van der Waals surface area contributed by atoms with Gasteiger partial charge in [0.25, 0.3) is 5.91 Å². The molecule has 3 heterocycles. The number of hydrogen-bond donors (Lipinski definition) is 1. The summed E-state index contributed by atoms with van der Waals surface area (Å²) in [5, 5.41) is 15.2. The highest BCUT2D eigenvalue weighted by molar-refractivity contribution is 5.95. The molecule has 2 fully saturated rings. The van der Waals surface area contributed by atoms with E-state index >= 15 is 0 Å². The van der Waals surface area contributed by atoms with E-state index in [1.165, 1.54) is 12.1 Å². The van der Waals surface area contributed by atoms with Crippen molar-refractivity contribution in [3.05, 3.63) is 53.1 Å². The van der Waals surface area contributed by atoms with Gasteiger partial charge in [-0.3, -0.25) is 4.79 Å². The van der Waals surface area contributed by atoms with Gasteiger partial charge < -0.3 is 19.4 Å². The number of aromatic nitrogens is 1. The molecule has 7 heteroatoms. The SMILES string of the molecule is C=C1C(O)CCCN1C(=O)C(CCN1CCC(c2noc3cc(F)ccc23)CC1)=C(C)C. The van der Waals surface area contributed by atoms with Crippen molar-refractivity contribution in [2.24, 2.45) is 0 Å². The Morgan fingerprint density at radius 1 is 1.25 bits per heavy atom. The zero-order valence-electron chi connectivity index (χ0n) is 18.9. The zero-order chi connectivity index (χ0) is 22.8. The highest BCUT2D eigenvalue weighted by Crippen LogP contribution is 2.33. The second kappa shape index (κ2) is 9.55. The number of benzene rings is 1. The first-order valence-corrected chi connectivity index (χ1v) is 11.5. The van der Waals surface area contributed by atoms with Crippen molar-refractivity contribution in [2.45, 2.75) is 58.0 Å². The lowest BCUT2D eigenvalue weighted by atomic mass is 9.91. The number of rotatable bonds is 5. The Morgan fingerprint density at radius 2 is 2.00 bits per heavy atom. The number of piperidine rings is 2. The van der Waals surface area contributed by atoms with Crippen LogP contribution in [0.15, 0.2) is 46.1 Å². The fraction of sp³-hybridized carbons (Fsp3) is 0.520. The number of nitrogens with zero attached hydrogens (tertiary/aromatic N) is 3. The number of carbonyl (C=O) groups is 1. The van der Waals surface area contributed by atoms with Crippen molar-refractivity contribution in [1.29, 1.82) is 0 Å². The molecule has 0 radical (unpaired) electrons. The average Bonchev–Trinajstić information content (AvgIpc) is 3.19. The van der Waals surface area contributed by atoms with Crippen LogP contribution in [-0.2, 0) is 4.79 Å². The molecular weight excluding hydrogens is 409 g/mol. The molecule has 1 unspecified atom stereocenters. The van der Waals surface area contributed by atoms with E-state index in [0.717, 1.165) is 61.1 Å². The van der Waals surface area contributed by atoms with Gasteiger partial charge in [-0.15, -0.1) is 0 Å². The van der Waals surface area contributed by atoms with Crippen LogP contribution in [0.4, 0.5) is 4.39 Å². The molecule has 0 spiro atoms. The summed E-state index contributed by atoms with van der Waals surface area (Å²) in [5.41, 5.74) is 3.76. The van der Waals surface area contributed by atoms with E-state index in [1.54, 1.807) is 11.0 Å². The molecule has 1 amide bonds. The lowest BCUT2D eigenvalue weighted by molar-refractivity contribution is -0.127. The quantitative estimate of drug-likeness (QED) is 0.698. The van der Waals surface area contributed by atoms with Gasteiger partial charge in [0.15, 0.2) is 5.58 Å². The number of amides is 1. The fourth-order valence-corrected chi connectivity index (χ4v) is 4.82. The molecule has 0 bridgehead atoms. The van der Waals surface area contributed by atoms with Gasteiger partial charge in [-0.1, -0.05) is 17.3 Å². The molecule has 0 saturated carbocycles. The fourth-order valence-electron chi connectivity index (χ4n) is 4.82. The Morgan fingerprint density at radius 3 is 2.72 bits per heavy atom. The normalized spacial score (nSPS) is 20.7. The van der Waals surface area contributed by atoms with E-state index < -0.39 is 6.10 Å². The molecule has 0 aliphatic carbocycles. The average molecular weight is 442 g/mol. The Hall–Kier alpha value is -2.51. The first-order valence-electron chi connectivity index (χ1n) is 11.5. The van der Waals surface area contributed by atoms with Crippen molar-refractivity contribution in [1.82, 2.24) is 15.0 Å². The number of carbonyl (C=O) groups excluding carboxylic acids is 1. The van der Waals surface area contributed by atoms with E-state index in [4.69, 9.17) is 4.52 Å². The summed E-state index contributed by atoms with van der Waals surface area (Å²) in [6.45, 7) is 11.1. The standard InChI is InChI=1S/C25H32FN3O3/c1-16(2)20(25(31)29-11-4-5-22(30)17(29)3)10-14-28-12-8-18(9-13-28)24-21-7-6-19(26)15-23(21)32-27-24/h6-7,15,18,22,30H,3-5,8-14H2,1-2H3. The predicted molar refractivity (Wildman–Crippen MR) is 121 cm³/mol. The van der Waals surface area contributed by atoms with Crippen LogP contribution in [-0.4, -0.2) is 58.3 Å². The highest BCUT2D eigenvalue weighted by Gasteiger charge is 2.30. The van der Waals surface area contributed by atoms with Gasteiger partial charge in [0.05, 0.1) is 11.8 Å². The molecule has 1 aromatic heterocycles. The number of hydrogen-bond acceptors (Lipinski definition) is 5. The van der Waals surface area contributed by atoms with E-state index in [0.29, 0.717) is 36.6 Å². The second-order valence-corrected chi connectivity index (χ2v) is 9.16. The van der Waals surface area contributed by atoms with Gasteiger partial charge in [0.1, 0.15) is 5.82 Å². The smallest absolute Gasteiger partial charge is 0.253 e. The first kappa shape index (κ1) is 22.7. The monoisotopic (exact) mass is 441 g/mol. The highest BCUT2D eigenvalue weighted by atomic mass is 19.1. The largest absolute Gasteiger partial charge is 0.387 e. The molecule has 32 heavy (non-hydrogen) atoms. The summed E-state index contributed by atoms with van der Waals surface area (Å²) in [6.07, 6.45) is 3.40. The minimum atomic E-state index is -0.630. The maximum absolute atomic E-state index is 13.4. The summed E-state index contributed by atoms with van der Waals surface area (Å²) >= 11 is 0. The molecule has 6 nitrogen and oxygen atoms in total. The predicted octanol–water partition coefficient (Wildman–Crippen LogP) is 4.37. The van der Waals surface area contributed by atoms with E-state index in [1.807, 2.05) is 13.8 Å². The van der Waals surface area contributed by atoms with E-state index in [9.17, 15) is 14.3 Å². The van der Waals surface area contributed by atoms with Crippen molar-refractivity contribution in [3.63, 3.8) is 0 Å². The number of halogens is 1. The first-order chi connectivity index (χ1) is 15.3. The molecule has 4 rings (SSSR count). The number of likely N-dealkylation sites (tertiary alicyclic amines) is 2. The molecule has 2 saturated heterocycles. The summed E-state index contributed by atoms with van der Waals surface area (Å²) in [7, 11) is 0. The van der Waals surface area contributed by atoms with Crippen molar-refractivity contribution < 1.29 is 18.8 Å². The van der Waals surface area contributed by atoms with Crippen LogP contribution in [0.1, 0.15) is 57.6 Å². The van der Waals surface area contributed by atoms with Gasteiger partial charge in [0, 0.05) is 41.7 Å². The molecular formula is C25H32FN3O3. The number of aliphatic hydroxyl groups excluding tert-OH is 1. The summed E-state index contributed by atoms with van der Waals surface area (Å²) in [5.74, 6) is -0.0482. The lowest BCUT2D eigenvalue weighted by Crippen LogP contribution is -2.41. The molecule has 1 N–H and O–H groups in total. The van der Waals surface area contributed by atoms with Crippen molar-refractivity contribution in [3.8, 4) is 0 Å². The zero-order valence-corrected chi connectivity index (χ0v) is 18.9. The van der Waals surface area contributed by atoms with Crippen LogP contribution >= 0.6 is 0 Å². The summed E-state index contributed by atoms with van der Waals surface area (Å²) in [4.78, 5) is 17.2. The van der Waals surface area contributed by atoms with Gasteiger partial charge in [0.2, 0.25) is 0 Å². The maximum atomic E-state index is 13.4. The van der Waals surface area contributed by atoms with Gasteiger partial charge in [-0.05, 0) is 71.2 Å². The summed E-state index contributed by atoms with van der Waals surface area (Å²) in [6, 6.07) is 4.59. The van der Waals surface area contributed by atoms with Crippen molar-refractivity contribution >= 4 is 16.9 Å².